The van der Waals surface area contributed by atoms with Crippen LogP contribution < -0.4 is 5.32 Å². The van der Waals surface area contributed by atoms with Crippen molar-refractivity contribution < 1.29 is 0 Å². The highest BCUT2D eigenvalue weighted by Crippen LogP contribution is 2.36. The summed E-state index contributed by atoms with van der Waals surface area (Å²) in [6, 6.07) is 2.27. The standard InChI is InChI=1S/C13H17BrClN3S/c1-4-5-18-12(9(15)7-17-18)11(16-3)10-6-8(2)13(14)19-10/h6-7,11,16H,4-5H2,1-3H3. The maximum atomic E-state index is 6.32. The smallest absolute Gasteiger partial charge is 0.0855 e. The number of hydrogen-bond donors (Lipinski definition) is 1. The topological polar surface area (TPSA) is 29.9 Å². The summed E-state index contributed by atoms with van der Waals surface area (Å²) in [4.78, 5) is 1.24. The van der Waals surface area contributed by atoms with E-state index in [2.05, 4.69) is 46.3 Å². The SMILES string of the molecule is CCCn1ncc(Cl)c1C(NC)c1cc(C)c(Br)s1. The molecule has 1 unspecified atom stereocenters. The first-order valence-corrected chi connectivity index (χ1v) is 8.21. The largest absolute Gasteiger partial charge is 0.307 e. The zero-order chi connectivity index (χ0) is 14.0. The van der Waals surface area contributed by atoms with Gasteiger partial charge in [0.15, 0.2) is 0 Å². The molecule has 0 bridgehead atoms. The maximum Gasteiger partial charge on any atom is 0.0855 e. The predicted molar refractivity (Wildman–Crippen MR) is 85.2 cm³/mol. The third-order valence-corrected chi connectivity index (χ3v) is 5.48. The van der Waals surface area contributed by atoms with Gasteiger partial charge in [0.2, 0.25) is 0 Å². The quantitative estimate of drug-likeness (QED) is 0.855. The Labute approximate surface area is 131 Å². The van der Waals surface area contributed by atoms with Crippen molar-refractivity contribution >= 4 is 38.9 Å². The Morgan fingerprint density at radius 3 is 2.84 bits per heavy atom. The molecule has 3 nitrogen and oxygen atoms in total. The zero-order valence-corrected chi connectivity index (χ0v) is 14.4. The molecule has 104 valence electrons. The number of aromatic nitrogens is 2. The molecule has 0 aliphatic heterocycles. The molecule has 19 heavy (non-hydrogen) atoms. The molecule has 2 aromatic heterocycles. The van der Waals surface area contributed by atoms with E-state index in [-0.39, 0.29) is 6.04 Å². The number of rotatable bonds is 5. The lowest BCUT2D eigenvalue weighted by molar-refractivity contribution is 0.538. The van der Waals surface area contributed by atoms with Gasteiger partial charge in [-0.05, 0) is 48.0 Å². The van der Waals surface area contributed by atoms with Gasteiger partial charge in [-0.3, -0.25) is 4.68 Å². The molecule has 1 N–H and O–H groups in total. The van der Waals surface area contributed by atoms with E-state index in [1.807, 2.05) is 11.7 Å². The van der Waals surface area contributed by atoms with Crippen LogP contribution in [-0.2, 0) is 6.54 Å². The van der Waals surface area contributed by atoms with Crippen molar-refractivity contribution in [3.63, 3.8) is 0 Å². The molecule has 2 heterocycles. The lowest BCUT2D eigenvalue weighted by Crippen LogP contribution is -2.21. The first-order chi connectivity index (χ1) is 9.08. The number of halogens is 2. The zero-order valence-electron chi connectivity index (χ0n) is 11.2. The summed E-state index contributed by atoms with van der Waals surface area (Å²) in [5.74, 6) is 0. The minimum atomic E-state index is 0.0801. The van der Waals surface area contributed by atoms with Crippen LogP contribution in [0.4, 0.5) is 0 Å². The number of thiophene rings is 1. The van der Waals surface area contributed by atoms with Crippen LogP contribution in [0.3, 0.4) is 0 Å². The summed E-state index contributed by atoms with van der Waals surface area (Å²) in [5, 5.41) is 8.43. The molecule has 0 saturated carbocycles. The Bertz CT molecular complexity index is 545. The van der Waals surface area contributed by atoms with Crippen molar-refractivity contribution in [3.8, 4) is 0 Å². The molecule has 2 rings (SSSR count). The molecule has 6 heteroatoms. The van der Waals surface area contributed by atoms with Gasteiger partial charge in [-0.25, -0.2) is 0 Å². The van der Waals surface area contributed by atoms with E-state index in [9.17, 15) is 0 Å². The summed E-state index contributed by atoms with van der Waals surface area (Å²) in [5.41, 5.74) is 2.29. The van der Waals surface area contributed by atoms with Crippen molar-refractivity contribution in [1.29, 1.82) is 0 Å². The van der Waals surface area contributed by atoms with Crippen molar-refractivity contribution in [3.05, 3.63) is 37.2 Å². The highest BCUT2D eigenvalue weighted by molar-refractivity contribution is 9.11. The minimum absolute atomic E-state index is 0.0801. The Kier molecular flexibility index (Phi) is 5.06. The van der Waals surface area contributed by atoms with Crippen molar-refractivity contribution in [2.24, 2.45) is 0 Å². The van der Waals surface area contributed by atoms with Crippen LogP contribution in [0.5, 0.6) is 0 Å². The fraction of sp³-hybridized carbons (Fsp3) is 0.462. The molecule has 0 spiro atoms. The fourth-order valence-electron chi connectivity index (χ4n) is 2.09. The van der Waals surface area contributed by atoms with E-state index < -0.39 is 0 Å². The maximum absolute atomic E-state index is 6.32. The Morgan fingerprint density at radius 2 is 2.32 bits per heavy atom. The van der Waals surface area contributed by atoms with Gasteiger partial charge in [-0.2, -0.15) is 5.10 Å². The van der Waals surface area contributed by atoms with Gasteiger partial charge in [-0.15, -0.1) is 11.3 Å². The average Bonchev–Trinajstić information content (AvgIpc) is 2.88. The van der Waals surface area contributed by atoms with Crippen LogP contribution in [0.25, 0.3) is 0 Å². The molecule has 0 aromatic carbocycles. The van der Waals surface area contributed by atoms with Crippen LogP contribution >= 0.6 is 38.9 Å². The van der Waals surface area contributed by atoms with E-state index in [4.69, 9.17) is 11.6 Å². The fourth-order valence-corrected chi connectivity index (χ4v) is 4.02. The molecule has 1 atom stereocenters. The van der Waals surface area contributed by atoms with Crippen LogP contribution in [0.2, 0.25) is 5.02 Å². The monoisotopic (exact) mass is 361 g/mol. The molecule has 0 amide bonds. The summed E-state index contributed by atoms with van der Waals surface area (Å²) in [7, 11) is 1.95. The molecule has 0 aliphatic carbocycles. The van der Waals surface area contributed by atoms with E-state index in [1.165, 1.54) is 14.2 Å². The van der Waals surface area contributed by atoms with Gasteiger partial charge in [0.25, 0.3) is 0 Å². The summed E-state index contributed by atoms with van der Waals surface area (Å²) >= 11 is 11.6. The normalized spacial score (nSPS) is 12.9. The highest BCUT2D eigenvalue weighted by atomic mass is 79.9. The molecule has 0 fully saturated rings. The Balaban J connectivity index is 2.44. The summed E-state index contributed by atoms with van der Waals surface area (Å²) < 4.78 is 3.16. The van der Waals surface area contributed by atoms with Crippen molar-refractivity contribution in [1.82, 2.24) is 15.1 Å². The van der Waals surface area contributed by atoms with Crippen LogP contribution in [-0.4, -0.2) is 16.8 Å². The third-order valence-electron chi connectivity index (χ3n) is 2.99. The summed E-state index contributed by atoms with van der Waals surface area (Å²) in [6.45, 7) is 5.12. The first-order valence-electron chi connectivity index (χ1n) is 6.22. The minimum Gasteiger partial charge on any atom is -0.307 e. The van der Waals surface area contributed by atoms with Gasteiger partial charge in [0.1, 0.15) is 0 Å². The number of nitrogens with one attached hydrogen (secondary N) is 1. The van der Waals surface area contributed by atoms with E-state index >= 15 is 0 Å². The third kappa shape index (κ3) is 3.05. The molecular weight excluding hydrogens is 346 g/mol. The predicted octanol–water partition coefficient (Wildman–Crippen LogP) is 4.39. The van der Waals surface area contributed by atoms with Gasteiger partial charge >= 0.3 is 0 Å². The second-order valence-corrected chi connectivity index (χ2v) is 7.24. The van der Waals surface area contributed by atoms with Crippen LogP contribution in [0.15, 0.2) is 16.0 Å². The molecule has 0 saturated heterocycles. The lowest BCUT2D eigenvalue weighted by atomic mass is 10.1. The lowest BCUT2D eigenvalue weighted by Gasteiger charge is -2.17. The summed E-state index contributed by atoms with van der Waals surface area (Å²) in [6.07, 6.45) is 2.76. The Hall–Kier alpha value is -0.360. The Morgan fingerprint density at radius 1 is 1.58 bits per heavy atom. The van der Waals surface area contributed by atoms with Crippen LogP contribution in [0.1, 0.15) is 35.5 Å². The molecule has 2 aromatic rings. The number of hydrogen-bond acceptors (Lipinski definition) is 3. The second-order valence-electron chi connectivity index (χ2n) is 4.43. The molecule has 0 aliphatic rings. The van der Waals surface area contributed by atoms with E-state index in [0.29, 0.717) is 0 Å². The van der Waals surface area contributed by atoms with Gasteiger partial charge in [0.05, 0.1) is 26.7 Å². The molecule has 0 radical (unpaired) electrons. The van der Waals surface area contributed by atoms with E-state index in [1.54, 1.807) is 17.5 Å². The second kappa shape index (κ2) is 6.39. The highest BCUT2D eigenvalue weighted by Gasteiger charge is 2.22. The van der Waals surface area contributed by atoms with Gasteiger partial charge in [0, 0.05) is 11.4 Å². The van der Waals surface area contributed by atoms with Crippen LogP contribution in [0, 0.1) is 6.92 Å². The molecular formula is C13H17BrClN3S. The van der Waals surface area contributed by atoms with E-state index in [0.717, 1.165) is 23.7 Å². The van der Waals surface area contributed by atoms with Gasteiger partial charge < -0.3 is 5.32 Å². The number of aryl methyl sites for hydroxylation is 2. The number of nitrogens with zero attached hydrogens (tertiary/aromatic N) is 2. The average molecular weight is 363 g/mol. The first kappa shape index (κ1) is 15.0. The van der Waals surface area contributed by atoms with Gasteiger partial charge in [-0.1, -0.05) is 18.5 Å². The van der Waals surface area contributed by atoms with Crippen molar-refractivity contribution in [2.75, 3.05) is 7.05 Å². The van der Waals surface area contributed by atoms with Crippen molar-refractivity contribution in [2.45, 2.75) is 32.9 Å².